The molecule has 0 saturated heterocycles. The first-order valence-corrected chi connectivity index (χ1v) is 11.0. The highest BCUT2D eigenvalue weighted by Gasteiger charge is 2.30. The van der Waals surface area contributed by atoms with Gasteiger partial charge in [0, 0.05) is 40.9 Å². The van der Waals surface area contributed by atoms with Crippen LogP contribution in [0.4, 0.5) is 10.5 Å². The molecule has 172 valence electrons. The van der Waals surface area contributed by atoms with Crippen molar-refractivity contribution >= 4 is 29.2 Å². The summed E-state index contributed by atoms with van der Waals surface area (Å²) in [4.78, 5) is 25.1. The summed E-state index contributed by atoms with van der Waals surface area (Å²) >= 11 is 6.18. The lowest BCUT2D eigenvalue weighted by Crippen LogP contribution is -2.30. The van der Waals surface area contributed by atoms with Crippen LogP contribution in [0.2, 0.25) is 5.02 Å². The van der Waals surface area contributed by atoms with Crippen LogP contribution in [0.15, 0.2) is 65.3 Å². The SMILES string of the molecule is O=C(Nc1ccc(-c2cc(C3CC3)n(C(=O)NCc3ccccc3Cl)n2)c(O)c1)c1ccno1. The number of rotatable bonds is 6. The molecule has 9 nitrogen and oxygen atoms in total. The molecular formula is C24H20ClN5O4. The number of anilines is 1. The molecule has 2 aromatic heterocycles. The Hall–Kier alpha value is -4.11. The molecule has 0 bridgehead atoms. The minimum absolute atomic E-state index is 0.0548. The Labute approximate surface area is 199 Å². The molecule has 1 aliphatic rings. The summed E-state index contributed by atoms with van der Waals surface area (Å²) in [6, 6.07) is 14.9. The molecule has 5 rings (SSSR count). The Bertz CT molecular complexity index is 1360. The van der Waals surface area contributed by atoms with Gasteiger partial charge in [-0.1, -0.05) is 35.0 Å². The molecular weight excluding hydrogens is 458 g/mol. The number of halogens is 1. The van der Waals surface area contributed by atoms with Crippen molar-refractivity contribution in [3.8, 4) is 17.0 Å². The molecule has 1 fully saturated rings. The van der Waals surface area contributed by atoms with Gasteiger partial charge in [-0.25, -0.2) is 4.79 Å². The number of phenolic OH excluding ortho intramolecular Hbond substituents is 1. The maximum atomic E-state index is 12.9. The van der Waals surface area contributed by atoms with Crippen molar-refractivity contribution in [2.24, 2.45) is 0 Å². The van der Waals surface area contributed by atoms with E-state index in [-0.39, 0.29) is 30.0 Å². The lowest BCUT2D eigenvalue weighted by atomic mass is 10.1. The lowest BCUT2D eigenvalue weighted by Gasteiger charge is -2.09. The summed E-state index contributed by atoms with van der Waals surface area (Å²) in [7, 11) is 0. The third-order valence-corrected chi connectivity index (χ3v) is 5.87. The number of aromatic nitrogens is 3. The van der Waals surface area contributed by atoms with E-state index >= 15 is 0 Å². The average molecular weight is 478 g/mol. The van der Waals surface area contributed by atoms with Gasteiger partial charge in [-0.15, -0.1) is 0 Å². The minimum Gasteiger partial charge on any atom is -0.507 e. The molecule has 2 aromatic carbocycles. The van der Waals surface area contributed by atoms with Crippen LogP contribution in [0, 0.1) is 0 Å². The van der Waals surface area contributed by atoms with Gasteiger partial charge in [0.25, 0.3) is 5.91 Å². The largest absolute Gasteiger partial charge is 0.507 e. The molecule has 2 amide bonds. The predicted octanol–water partition coefficient (Wildman–Crippen LogP) is 4.78. The van der Waals surface area contributed by atoms with Gasteiger partial charge in [0.2, 0.25) is 5.76 Å². The molecule has 34 heavy (non-hydrogen) atoms. The molecule has 1 aliphatic carbocycles. The summed E-state index contributed by atoms with van der Waals surface area (Å²) in [5, 5.41) is 24.6. The number of benzene rings is 2. The summed E-state index contributed by atoms with van der Waals surface area (Å²) < 4.78 is 6.18. The summed E-state index contributed by atoms with van der Waals surface area (Å²) in [5.41, 5.74) is 2.87. The van der Waals surface area contributed by atoms with Crippen molar-refractivity contribution in [1.29, 1.82) is 0 Å². The molecule has 4 aromatic rings. The third-order valence-electron chi connectivity index (χ3n) is 5.51. The number of amides is 2. The monoisotopic (exact) mass is 477 g/mol. The zero-order valence-electron chi connectivity index (χ0n) is 17.9. The Balaban J connectivity index is 1.36. The van der Waals surface area contributed by atoms with Gasteiger partial charge in [0.15, 0.2) is 0 Å². The first-order chi connectivity index (χ1) is 16.5. The standard InChI is InChI=1S/C24H20ClN5O4/c25-18-4-2-1-3-15(18)13-26-24(33)30-20(14-5-6-14)12-19(29-30)17-8-7-16(11-21(17)31)28-23(32)22-9-10-27-34-22/h1-4,7-12,14,31H,5-6,13H2,(H,26,33)(H,28,32). The number of carbonyl (C=O) groups is 2. The number of carbonyl (C=O) groups excluding carboxylic acids is 2. The van der Waals surface area contributed by atoms with Gasteiger partial charge >= 0.3 is 6.03 Å². The molecule has 0 unspecified atom stereocenters. The summed E-state index contributed by atoms with van der Waals surface area (Å²) in [6.45, 7) is 0.267. The van der Waals surface area contributed by atoms with Gasteiger partial charge in [-0.05, 0) is 42.7 Å². The predicted molar refractivity (Wildman–Crippen MR) is 125 cm³/mol. The Morgan fingerprint density at radius 1 is 1.15 bits per heavy atom. The van der Waals surface area contributed by atoms with Crippen molar-refractivity contribution in [1.82, 2.24) is 20.3 Å². The quantitative estimate of drug-likeness (QED) is 0.367. The fourth-order valence-corrected chi connectivity index (χ4v) is 3.80. The van der Waals surface area contributed by atoms with Crippen LogP contribution < -0.4 is 10.6 Å². The van der Waals surface area contributed by atoms with Crippen molar-refractivity contribution in [2.45, 2.75) is 25.3 Å². The van der Waals surface area contributed by atoms with Crippen molar-refractivity contribution in [3.63, 3.8) is 0 Å². The first-order valence-electron chi connectivity index (χ1n) is 10.7. The summed E-state index contributed by atoms with van der Waals surface area (Å²) in [5.74, 6) is -0.270. The van der Waals surface area contributed by atoms with E-state index in [1.165, 1.54) is 23.0 Å². The van der Waals surface area contributed by atoms with E-state index in [1.54, 1.807) is 18.2 Å². The van der Waals surface area contributed by atoms with Crippen molar-refractivity contribution in [2.75, 3.05) is 5.32 Å². The third kappa shape index (κ3) is 4.51. The van der Waals surface area contributed by atoms with Crippen LogP contribution in [0.3, 0.4) is 0 Å². The van der Waals surface area contributed by atoms with Crippen molar-refractivity contribution < 1.29 is 19.2 Å². The molecule has 3 N–H and O–H groups in total. The highest BCUT2D eigenvalue weighted by atomic mass is 35.5. The van der Waals surface area contributed by atoms with E-state index in [9.17, 15) is 14.7 Å². The first kappa shape index (κ1) is 21.7. The maximum Gasteiger partial charge on any atom is 0.342 e. The van der Waals surface area contributed by atoms with Crippen LogP contribution in [0.5, 0.6) is 5.75 Å². The highest BCUT2D eigenvalue weighted by molar-refractivity contribution is 6.31. The molecule has 0 radical (unpaired) electrons. The van der Waals surface area contributed by atoms with E-state index in [2.05, 4.69) is 20.9 Å². The Morgan fingerprint density at radius 3 is 2.68 bits per heavy atom. The Kier molecular flexibility index (Phi) is 5.77. The second-order valence-corrected chi connectivity index (χ2v) is 8.36. The van der Waals surface area contributed by atoms with E-state index in [4.69, 9.17) is 16.1 Å². The number of phenols is 1. The van der Waals surface area contributed by atoms with Crippen LogP contribution in [0.1, 0.15) is 40.6 Å². The average Bonchev–Trinajstić information content (AvgIpc) is 3.33. The normalized spacial score (nSPS) is 13.0. The maximum absolute atomic E-state index is 12.9. The second-order valence-electron chi connectivity index (χ2n) is 7.95. The van der Waals surface area contributed by atoms with Gasteiger partial charge in [-0.3, -0.25) is 4.79 Å². The van der Waals surface area contributed by atoms with Crippen molar-refractivity contribution in [3.05, 3.63) is 82.8 Å². The van der Waals surface area contributed by atoms with Gasteiger partial charge in [-0.2, -0.15) is 9.78 Å². The topological polar surface area (TPSA) is 122 Å². The fourth-order valence-electron chi connectivity index (χ4n) is 3.60. The molecule has 0 aliphatic heterocycles. The van der Waals surface area contributed by atoms with E-state index < -0.39 is 5.91 Å². The smallest absolute Gasteiger partial charge is 0.342 e. The number of hydrogen-bond donors (Lipinski definition) is 3. The zero-order chi connectivity index (χ0) is 23.7. The number of nitrogens with one attached hydrogen (secondary N) is 2. The molecule has 0 atom stereocenters. The van der Waals surface area contributed by atoms with Gasteiger partial charge < -0.3 is 20.3 Å². The fraction of sp³-hybridized carbons (Fsp3) is 0.167. The second kappa shape index (κ2) is 9.03. The number of nitrogens with zero attached hydrogens (tertiary/aromatic N) is 3. The Morgan fingerprint density at radius 2 is 1.97 bits per heavy atom. The highest BCUT2D eigenvalue weighted by Crippen LogP contribution is 2.42. The van der Waals surface area contributed by atoms with Gasteiger partial charge in [0.05, 0.1) is 17.6 Å². The lowest BCUT2D eigenvalue weighted by molar-refractivity contribution is 0.0988. The number of aromatic hydroxyl groups is 1. The molecule has 0 spiro atoms. The van der Waals surface area contributed by atoms with E-state index in [0.717, 1.165) is 24.1 Å². The molecule has 1 saturated carbocycles. The molecule has 10 heteroatoms. The van der Waals surface area contributed by atoms with Crippen LogP contribution >= 0.6 is 11.6 Å². The van der Waals surface area contributed by atoms with Crippen LogP contribution in [-0.4, -0.2) is 32.0 Å². The van der Waals surface area contributed by atoms with Crippen LogP contribution in [0.25, 0.3) is 11.3 Å². The van der Waals surface area contributed by atoms with E-state index in [1.807, 2.05) is 24.3 Å². The zero-order valence-corrected chi connectivity index (χ0v) is 18.6. The number of hydrogen-bond acceptors (Lipinski definition) is 6. The van der Waals surface area contributed by atoms with Gasteiger partial charge in [0.1, 0.15) is 5.75 Å². The van der Waals surface area contributed by atoms with Crippen LogP contribution in [-0.2, 0) is 6.54 Å². The van der Waals surface area contributed by atoms with E-state index in [0.29, 0.717) is 22.0 Å². The minimum atomic E-state index is -0.486. The summed E-state index contributed by atoms with van der Waals surface area (Å²) in [6.07, 6.45) is 3.32. The molecule has 2 heterocycles.